The lowest BCUT2D eigenvalue weighted by molar-refractivity contribution is -0.120. The number of carbonyl (C=O) groups excluding carboxylic acids is 1. The van der Waals surface area contributed by atoms with Crippen molar-refractivity contribution in [3.05, 3.63) is 40.1 Å². The van der Waals surface area contributed by atoms with E-state index in [1.807, 2.05) is 31.4 Å². The van der Waals surface area contributed by atoms with E-state index in [9.17, 15) is 4.79 Å². The molecule has 0 spiro atoms. The molecule has 0 saturated heterocycles. The van der Waals surface area contributed by atoms with Crippen molar-refractivity contribution < 1.29 is 4.79 Å². The van der Waals surface area contributed by atoms with Crippen LogP contribution in [0, 0.1) is 0 Å². The summed E-state index contributed by atoms with van der Waals surface area (Å²) in [5.41, 5.74) is 0.832. The van der Waals surface area contributed by atoms with E-state index >= 15 is 0 Å². The van der Waals surface area contributed by atoms with Crippen molar-refractivity contribution in [1.82, 2.24) is 20.1 Å². The first-order chi connectivity index (χ1) is 10.9. The molecule has 0 aliphatic carbocycles. The Morgan fingerprint density at radius 2 is 2.13 bits per heavy atom. The molecule has 2 rings (SSSR count). The molecular formula is C15H18Cl2N4OS. The predicted molar refractivity (Wildman–Crippen MR) is 94.0 cm³/mol. The second-order valence-electron chi connectivity index (χ2n) is 5.06. The van der Waals surface area contributed by atoms with Crippen LogP contribution in [0.5, 0.6) is 0 Å². The van der Waals surface area contributed by atoms with E-state index in [0.717, 1.165) is 17.3 Å². The van der Waals surface area contributed by atoms with E-state index in [1.54, 1.807) is 18.5 Å². The summed E-state index contributed by atoms with van der Waals surface area (Å²) in [4.78, 5) is 12.4. The van der Waals surface area contributed by atoms with Gasteiger partial charge in [-0.1, -0.05) is 41.0 Å². The number of benzene rings is 1. The third kappa shape index (κ3) is 4.62. The maximum Gasteiger partial charge on any atom is 0.233 e. The molecule has 1 heterocycles. The Labute approximate surface area is 149 Å². The molecule has 5 nitrogen and oxygen atoms in total. The molecule has 1 amide bonds. The zero-order valence-corrected chi connectivity index (χ0v) is 15.4. The first-order valence-corrected chi connectivity index (χ1v) is 8.85. The SMILES string of the molecule is CCn1cnnc1S[C@H](C)C(=O)N[C@H](C)c1ccc(Cl)cc1Cl. The summed E-state index contributed by atoms with van der Waals surface area (Å²) in [6.07, 6.45) is 1.66. The van der Waals surface area contributed by atoms with Gasteiger partial charge in [-0.05, 0) is 38.5 Å². The van der Waals surface area contributed by atoms with Crippen molar-refractivity contribution in [3.63, 3.8) is 0 Å². The Morgan fingerprint density at radius 3 is 2.78 bits per heavy atom. The number of halogens is 2. The van der Waals surface area contributed by atoms with E-state index in [0.29, 0.717) is 10.0 Å². The summed E-state index contributed by atoms with van der Waals surface area (Å²) in [6, 6.07) is 5.04. The summed E-state index contributed by atoms with van der Waals surface area (Å²) < 4.78 is 1.90. The number of aryl methyl sites for hydroxylation is 1. The quantitative estimate of drug-likeness (QED) is 0.779. The highest BCUT2D eigenvalue weighted by Gasteiger charge is 2.20. The second-order valence-corrected chi connectivity index (χ2v) is 7.21. The van der Waals surface area contributed by atoms with Crippen molar-refractivity contribution in [2.24, 2.45) is 0 Å². The lowest BCUT2D eigenvalue weighted by Gasteiger charge is -2.18. The van der Waals surface area contributed by atoms with Gasteiger partial charge in [0.2, 0.25) is 5.91 Å². The lowest BCUT2D eigenvalue weighted by Crippen LogP contribution is -2.33. The molecule has 0 unspecified atom stereocenters. The summed E-state index contributed by atoms with van der Waals surface area (Å²) >= 11 is 13.5. The highest BCUT2D eigenvalue weighted by Crippen LogP contribution is 2.27. The van der Waals surface area contributed by atoms with Crippen LogP contribution in [0.4, 0.5) is 0 Å². The highest BCUT2D eigenvalue weighted by molar-refractivity contribution is 8.00. The second kappa shape index (κ2) is 8.04. The van der Waals surface area contributed by atoms with E-state index < -0.39 is 0 Å². The number of nitrogens with zero attached hydrogens (tertiary/aromatic N) is 3. The average Bonchev–Trinajstić information content (AvgIpc) is 2.94. The van der Waals surface area contributed by atoms with Crippen LogP contribution in [-0.4, -0.2) is 25.9 Å². The Balaban J connectivity index is 2.00. The van der Waals surface area contributed by atoms with Crippen LogP contribution in [0.15, 0.2) is 29.7 Å². The zero-order chi connectivity index (χ0) is 17.0. The van der Waals surface area contributed by atoms with Crippen LogP contribution in [0.3, 0.4) is 0 Å². The van der Waals surface area contributed by atoms with Gasteiger partial charge in [-0.15, -0.1) is 10.2 Å². The summed E-state index contributed by atoms with van der Waals surface area (Å²) in [5, 5.41) is 12.4. The van der Waals surface area contributed by atoms with Crippen LogP contribution >= 0.6 is 35.0 Å². The molecule has 0 radical (unpaired) electrons. The largest absolute Gasteiger partial charge is 0.349 e. The summed E-state index contributed by atoms with van der Waals surface area (Å²) in [6.45, 7) is 6.49. The van der Waals surface area contributed by atoms with Gasteiger partial charge in [-0.25, -0.2) is 0 Å². The molecule has 2 atom stereocenters. The van der Waals surface area contributed by atoms with Gasteiger partial charge in [0.1, 0.15) is 6.33 Å². The fourth-order valence-electron chi connectivity index (χ4n) is 2.03. The number of amides is 1. The monoisotopic (exact) mass is 372 g/mol. The van der Waals surface area contributed by atoms with Crippen molar-refractivity contribution in [3.8, 4) is 0 Å². The molecular weight excluding hydrogens is 355 g/mol. The lowest BCUT2D eigenvalue weighted by atomic mass is 10.1. The minimum Gasteiger partial charge on any atom is -0.349 e. The number of hydrogen-bond donors (Lipinski definition) is 1. The summed E-state index contributed by atoms with van der Waals surface area (Å²) in [7, 11) is 0. The number of aromatic nitrogens is 3. The van der Waals surface area contributed by atoms with Crippen LogP contribution in [0.25, 0.3) is 0 Å². The third-order valence-corrected chi connectivity index (χ3v) is 5.02. The minimum absolute atomic E-state index is 0.0841. The van der Waals surface area contributed by atoms with Gasteiger partial charge < -0.3 is 9.88 Å². The maximum absolute atomic E-state index is 12.4. The molecule has 0 bridgehead atoms. The van der Waals surface area contributed by atoms with Crippen molar-refractivity contribution in [2.45, 2.75) is 43.8 Å². The van der Waals surface area contributed by atoms with Gasteiger partial charge in [0, 0.05) is 16.6 Å². The fourth-order valence-corrected chi connectivity index (χ4v) is 3.49. The molecule has 1 aromatic heterocycles. The van der Waals surface area contributed by atoms with Crippen molar-refractivity contribution in [2.75, 3.05) is 0 Å². The molecule has 0 saturated carbocycles. The van der Waals surface area contributed by atoms with Gasteiger partial charge in [-0.2, -0.15) is 0 Å². The predicted octanol–water partition coefficient (Wildman–Crippen LogP) is 3.96. The molecule has 0 fully saturated rings. The molecule has 0 aliphatic rings. The molecule has 0 aliphatic heterocycles. The minimum atomic E-state index is -0.293. The first-order valence-electron chi connectivity index (χ1n) is 7.22. The number of carbonyl (C=O) groups is 1. The van der Waals surface area contributed by atoms with E-state index in [1.165, 1.54) is 11.8 Å². The van der Waals surface area contributed by atoms with E-state index in [-0.39, 0.29) is 17.2 Å². The molecule has 1 N–H and O–H groups in total. The number of nitrogens with one attached hydrogen (secondary N) is 1. The third-order valence-electron chi connectivity index (χ3n) is 3.36. The number of hydrogen-bond acceptors (Lipinski definition) is 4. The van der Waals surface area contributed by atoms with Crippen LogP contribution < -0.4 is 5.32 Å². The molecule has 23 heavy (non-hydrogen) atoms. The average molecular weight is 373 g/mol. The van der Waals surface area contributed by atoms with Crippen LogP contribution in [0.1, 0.15) is 32.4 Å². The molecule has 1 aromatic carbocycles. The van der Waals surface area contributed by atoms with Gasteiger partial charge >= 0.3 is 0 Å². The molecule has 2 aromatic rings. The fraction of sp³-hybridized carbons (Fsp3) is 0.400. The van der Waals surface area contributed by atoms with E-state index in [4.69, 9.17) is 23.2 Å². The topological polar surface area (TPSA) is 59.8 Å². The van der Waals surface area contributed by atoms with Crippen LogP contribution in [0.2, 0.25) is 10.0 Å². The van der Waals surface area contributed by atoms with Gasteiger partial charge in [0.05, 0.1) is 11.3 Å². The Morgan fingerprint density at radius 1 is 1.39 bits per heavy atom. The summed E-state index contributed by atoms with van der Waals surface area (Å²) in [5.74, 6) is -0.0841. The first kappa shape index (κ1) is 18.1. The Kier molecular flexibility index (Phi) is 6.33. The zero-order valence-electron chi connectivity index (χ0n) is 13.1. The smallest absolute Gasteiger partial charge is 0.233 e. The molecule has 124 valence electrons. The highest BCUT2D eigenvalue weighted by atomic mass is 35.5. The van der Waals surface area contributed by atoms with E-state index in [2.05, 4.69) is 15.5 Å². The van der Waals surface area contributed by atoms with Gasteiger partial charge in [-0.3, -0.25) is 4.79 Å². The maximum atomic E-state index is 12.4. The van der Waals surface area contributed by atoms with Gasteiger partial charge in [0.25, 0.3) is 0 Å². The number of rotatable bonds is 6. The number of thioether (sulfide) groups is 1. The van der Waals surface area contributed by atoms with Crippen molar-refractivity contribution in [1.29, 1.82) is 0 Å². The Hall–Kier alpha value is -1.24. The van der Waals surface area contributed by atoms with Crippen LogP contribution in [-0.2, 0) is 11.3 Å². The van der Waals surface area contributed by atoms with Crippen molar-refractivity contribution >= 4 is 40.9 Å². The van der Waals surface area contributed by atoms with Gasteiger partial charge in [0.15, 0.2) is 5.16 Å². The molecule has 8 heteroatoms. The normalized spacial score (nSPS) is 13.6. The Bertz CT molecular complexity index is 692. The standard InChI is InChI=1S/C15H18Cl2N4OS/c1-4-21-8-18-20-15(21)23-10(3)14(22)19-9(2)12-6-5-11(16)7-13(12)17/h5-10H,4H2,1-3H3,(H,19,22)/t9-,10-/m1/s1.